The normalized spacial score (nSPS) is 13.1. The number of rotatable bonds is 5. The van der Waals surface area contributed by atoms with E-state index in [9.17, 15) is 9.59 Å². The fourth-order valence-corrected chi connectivity index (χ4v) is 0.891. The largest absolute Gasteiger partial charge is 0.480 e. The van der Waals surface area contributed by atoms with Crippen LogP contribution in [-0.4, -0.2) is 40.7 Å². The zero-order valence-corrected chi connectivity index (χ0v) is 10.3. The maximum atomic E-state index is 11.2. The first kappa shape index (κ1) is 14.1. The Kier molecular flexibility index (Phi) is 5.49. The topological polar surface area (TPSA) is 78.4 Å². The second-order valence-electron chi connectivity index (χ2n) is 3.85. The smallest absolute Gasteiger partial charge is 0.325 e. The van der Waals surface area contributed by atoms with Gasteiger partial charge in [0.15, 0.2) is 0 Å². The van der Waals surface area contributed by atoms with E-state index in [1.54, 1.807) is 11.8 Å². The molecule has 6 heteroatoms. The van der Waals surface area contributed by atoms with E-state index in [0.29, 0.717) is 6.54 Å². The monoisotopic (exact) mass is 234 g/mol. The number of nitrogens with one attached hydrogen (secondary N) is 2. The number of hydrogen-bond donors (Lipinski definition) is 3. The van der Waals surface area contributed by atoms with Crippen LogP contribution in [0.25, 0.3) is 0 Å². The standard InChI is InChI=1S/C9H18N2O3S/c1-6(7(12)13)11-8(14)10-5-9(2,3)15-4/h6H,5H2,1-4H3,(H,12,13)(H2,10,11,14)/t6-/m1/s1. The van der Waals surface area contributed by atoms with Crippen LogP contribution in [0.3, 0.4) is 0 Å². The minimum absolute atomic E-state index is 0.0518. The predicted octanol–water partition coefficient (Wildman–Crippen LogP) is 0.900. The van der Waals surface area contributed by atoms with Crippen LogP contribution < -0.4 is 10.6 Å². The van der Waals surface area contributed by atoms with Crippen LogP contribution in [0.4, 0.5) is 4.79 Å². The average Bonchev–Trinajstić information content (AvgIpc) is 2.15. The summed E-state index contributed by atoms with van der Waals surface area (Å²) in [7, 11) is 0. The molecular formula is C9H18N2O3S. The third-order valence-corrected chi connectivity index (χ3v) is 3.19. The van der Waals surface area contributed by atoms with Gasteiger partial charge in [-0.25, -0.2) is 4.79 Å². The third-order valence-electron chi connectivity index (χ3n) is 1.95. The van der Waals surface area contributed by atoms with Crippen molar-refractivity contribution < 1.29 is 14.7 Å². The Hall–Kier alpha value is -0.910. The summed E-state index contributed by atoms with van der Waals surface area (Å²) in [6, 6.07) is -1.32. The van der Waals surface area contributed by atoms with Gasteiger partial charge in [0.2, 0.25) is 0 Å². The molecule has 0 radical (unpaired) electrons. The van der Waals surface area contributed by atoms with Gasteiger partial charge in [0.25, 0.3) is 0 Å². The summed E-state index contributed by atoms with van der Waals surface area (Å²) in [5.74, 6) is -1.05. The molecule has 0 aliphatic carbocycles. The third kappa shape index (κ3) is 6.22. The zero-order valence-electron chi connectivity index (χ0n) is 9.46. The first-order valence-electron chi connectivity index (χ1n) is 4.61. The molecule has 0 unspecified atom stereocenters. The van der Waals surface area contributed by atoms with Gasteiger partial charge in [-0.15, -0.1) is 0 Å². The van der Waals surface area contributed by atoms with E-state index in [-0.39, 0.29) is 4.75 Å². The number of carboxylic acid groups (broad SMARTS) is 1. The molecule has 0 aliphatic heterocycles. The second-order valence-corrected chi connectivity index (χ2v) is 5.36. The van der Waals surface area contributed by atoms with E-state index in [4.69, 9.17) is 5.11 Å². The van der Waals surface area contributed by atoms with Gasteiger partial charge < -0.3 is 15.7 Å². The summed E-state index contributed by atoms with van der Waals surface area (Å²) in [6.07, 6.45) is 1.96. The van der Waals surface area contributed by atoms with Crippen molar-refractivity contribution in [3.63, 3.8) is 0 Å². The number of carbonyl (C=O) groups is 2. The summed E-state index contributed by atoms with van der Waals surface area (Å²) in [5, 5.41) is 13.5. The number of aliphatic carboxylic acids is 1. The minimum atomic E-state index is -1.05. The second kappa shape index (κ2) is 5.85. The molecule has 0 aromatic carbocycles. The van der Waals surface area contributed by atoms with Gasteiger partial charge in [-0.2, -0.15) is 11.8 Å². The molecule has 5 nitrogen and oxygen atoms in total. The van der Waals surface area contributed by atoms with Gasteiger partial charge in [0.05, 0.1) is 0 Å². The summed E-state index contributed by atoms with van der Waals surface area (Å²) >= 11 is 1.64. The molecule has 15 heavy (non-hydrogen) atoms. The van der Waals surface area contributed by atoms with Crippen LogP contribution in [0.1, 0.15) is 20.8 Å². The van der Waals surface area contributed by atoms with Gasteiger partial charge >= 0.3 is 12.0 Å². The van der Waals surface area contributed by atoms with E-state index in [1.807, 2.05) is 20.1 Å². The highest BCUT2D eigenvalue weighted by Gasteiger charge is 2.18. The van der Waals surface area contributed by atoms with E-state index in [0.717, 1.165) is 0 Å². The molecule has 0 saturated carbocycles. The molecule has 0 aliphatic rings. The molecule has 0 bridgehead atoms. The van der Waals surface area contributed by atoms with Crippen LogP contribution >= 0.6 is 11.8 Å². The van der Waals surface area contributed by atoms with Crippen molar-refractivity contribution in [1.82, 2.24) is 10.6 Å². The first-order chi connectivity index (χ1) is 6.78. The summed E-state index contributed by atoms with van der Waals surface area (Å²) in [6.45, 7) is 5.91. The molecule has 0 rings (SSSR count). The lowest BCUT2D eigenvalue weighted by Crippen LogP contribution is -2.47. The molecular weight excluding hydrogens is 216 g/mol. The Balaban J connectivity index is 3.91. The van der Waals surface area contributed by atoms with E-state index < -0.39 is 18.0 Å². The lowest BCUT2D eigenvalue weighted by Gasteiger charge is -2.22. The van der Waals surface area contributed by atoms with Crippen LogP contribution in [0.2, 0.25) is 0 Å². The summed E-state index contributed by atoms with van der Waals surface area (Å²) < 4.78 is -0.0518. The Labute approximate surface area is 94.0 Å². The van der Waals surface area contributed by atoms with Crippen LogP contribution in [0.15, 0.2) is 0 Å². The van der Waals surface area contributed by atoms with Crippen molar-refractivity contribution in [2.24, 2.45) is 0 Å². The Bertz CT molecular complexity index is 244. The van der Waals surface area contributed by atoms with Crippen molar-refractivity contribution in [3.8, 4) is 0 Å². The van der Waals surface area contributed by atoms with Crippen LogP contribution in [-0.2, 0) is 4.79 Å². The van der Waals surface area contributed by atoms with Crippen molar-refractivity contribution in [1.29, 1.82) is 0 Å². The first-order valence-corrected chi connectivity index (χ1v) is 5.83. The highest BCUT2D eigenvalue weighted by molar-refractivity contribution is 7.99. The number of carboxylic acids is 1. The SMILES string of the molecule is CSC(C)(C)CNC(=O)N[C@H](C)C(=O)O. The Morgan fingerprint density at radius 1 is 1.47 bits per heavy atom. The number of carbonyl (C=O) groups excluding carboxylic acids is 1. The molecule has 88 valence electrons. The fraction of sp³-hybridized carbons (Fsp3) is 0.778. The molecule has 0 aromatic rings. The quantitative estimate of drug-likeness (QED) is 0.660. The molecule has 1 atom stereocenters. The Morgan fingerprint density at radius 2 is 2.00 bits per heavy atom. The lowest BCUT2D eigenvalue weighted by molar-refractivity contribution is -0.138. The van der Waals surface area contributed by atoms with Gasteiger partial charge in [0.1, 0.15) is 6.04 Å². The van der Waals surface area contributed by atoms with E-state index in [1.165, 1.54) is 6.92 Å². The molecule has 2 amide bonds. The zero-order chi connectivity index (χ0) is 12.1. The van der Waals surface area contributed by atoms with Crippen molar-refractivity contribution in [2.75, 3.05) is 12.8 Å². The highest BCUT2D eigenvalue weighted by Crippen LogP contribution is 2.19. The van der Waals surface area contributed by atoms with Gasteiger partial charge in [-0.1, -0.05) is 0 Å². The summed E-state index contributed by atoms with van der Waals surface area (Å²) in [4.78, 5) is 21.7. The van der Waals surface area contributed by atoms with Gasteiger partial charge in [-0.05, 0) is 27.0 Å². The van der Waals surface area contributed by atoms with Crippen LogP contribution in [0, 0.1) is 0 Å². The molecule has 3 N–H and O–H groups in total. The predicted molar refractivity (Wildman–Crippen MR) is 61.2 cm³/mol. The van der Waals surface area contributed by atoms with Crippen molar-refractivity contribution in [3.05, 3.63) is 0 Å². The highest BCUT2D eigenvalue weighted by atomic mass is 32.2. The lowest BCUT2D eigenvalue weighted by atomic mass is 10.2. The van der Waals surface area contributed by atoms with Crippen LogP contribution in [0.5, 0.6) is 0 Å². The van der Waals surface area contributed by atoms with Gasteiger partial charge in [0, 0.05) is 11.3 Å². The number of amides is 2. The summed E-state index contributed by atoms with van der Waals surface area (Å²) in [5.41, 5.74) is 0. The molecule has 0 spiro atoms. The minimum Gasteiger partial charge on any atom is -0.480 e. The number of thioether (sulfide) groups is 1. The molecule has 0 fully saturated rings. The number of hydrogen-bond acceptors (Lipinski definition) is 3. The maximum Gasteiger partial charge on any atom is 0.325 e. The molecule has 0 saturated heterocycles. The number of urea groups is 1. The van der Waals surface area contributed by atoms with Crippen molar-refractivity contribution in [2.45, 2.75) is 31.6 Å². The van der Waals surface area contributed by atoms with E-state index >= 15 is 0 Å². The average molecular weight is 234 g/mol. The molecule has 0 aromatic heterocycles. The fourth-order valence-electron chi connectivity index (χ4n) is 0.675. The van der Waals surface area contributed by atoms with Gasteiger partial charge in [-0.3, -0.25) is 4.79 Å². The Morgan fingerprint density at radius 3 is 2.40 bits per heavy atom. The molecule has 0 heterocycles. The van der Waals surface area contributed by atoms with E-state index in [2.05, 4.69) is 10.6 Å². The van der Waals surface area contributed by atoms with Crippen molar-refractivity contribution >= 4 is 23.8 Å². The maximum absolute atomic E-state index is 11.2.